The van der Waals surface area contributed by atoms with Gasteiger partial charge < -0.3 is 10.1 Å². The second-order valence-corrected chi connectivity index (χ2v) is 7.63. The van der Waals surface area contributed by atoms with Crippen molar-refractivity contribution in [1.82, 2.24) is 4.98 Å². The molecule has 4 aromatic rings. The van der Waals surface area contributed by atoms with Crippen molar-refractivity contribution in [3.8, 4) is 16.3 Å². The van der Waals surface area contributed by atoms with E-state index in [2.05, 4.69) is 10.3 Å². The van der Waals surface area contributed by atoms with Crippen molar-refractivity contribution in [2.45, 2.75) is 6.92 Å². The molecule has 0 saturated carbocycles. The maximum Gasteiger partial charge on any atom is 0.269 e. The van der Waals surface area contributed by atoms with Crippen LogP contribution in [0.1, 0.15) is 5.56 Å². The Labute approximate surface area is 176 Å². The van der Waals surface area contributed by atoms with Gasteiger partial charge in [0.15, 0.2) is 6.61 Å². The van der Waals surface area contributed by atoms with Gasteiger partial charge in [-0.2, -0.15) is 0 Å². The molecule has 0 saturated heterocycles. The summed E-state index contributed by atoms with van der Waals surface area (Å²) in [6.45, 7) is 1.71. The number of nitro groups is 1. The molecule has 0 aliphatic rings. The largest absolute Gasteiger partial charge is 0.484 e. The number of hydrogen-bond acceptors (Lipinski definition) is 6. The van der Waals surface area contributed by atoms with E-state index in [4.69, 9.17) is 4.74 Å². The van der Waals surface area contributed by atoms with Crippen LogP contribution in [0.3, 0.4) is 0 Å². The van der Waals surface area contributed by atoms with E-state index in [0.29, 0.717) is 11.4 Å². The standard InChI is InChI=1S/C22H17N3O4S/c1-14-6-7-15(22-24-18-4-2-3-5-20(18)30-22)12-19(14)23-21(26)13-29-17-10-8-16(9-11-17)25(27)28/h2-12H,13H2,1H3,(H,23,26). The number of amides is 1. The number of anilines is 1. The highest BCUT2D eigenvalue weighted by Gasteiger charge is 2.11. The molecule has 150 valence electrons. The average molecular weight is 419 g/mol. The van der Waals surface area contributed by atoms with Crippen LogP contribution in [0.5, 0.6) is 5.75 Å². The fourth-order valence-corrected chi connectivity index (χ4v) is 3.85. The van der Waals surface area contributed by atoms with Gasteiger partial charge in [0.25, 0.3) is 11.6 Å². The zero-order valence-electron chi connectivity index (χ0n) is 16.0. The van der Waals surface area contributed by atoms with Crippen LogP contribution in [-0.4, -0.2) is 22.4 Å². The van der Waals surface area contributed by atoms with Gasteiger partial charge in [0.1, 0.15) is 10.8 Å². The van der Waals surface area contributed by atoms with Crippen molar-refractivity contribution in [3.63, 3.8) is 0 Å². The van der Waals surface area contributed by atoms with Crippen molar-refractivity contribution < 1.29 is 14.5 Å². The maximum absolute atomic E-state index is 12.3. The summed E-state index contributed by atoms with van der Waals surface area (Å²) in [7, 11) is 0. The number of fused-ring (bicyclic) bond motifs is 1. The Morgan fingerprint density at radius 1 is 1.13 bits per heavy atom. The number of rotatable bonds is 6. The number of thiazole rings is 1. The number of carbonyl (C=O) groups excluding carboxylic acids is 1. The molecule has 1 amide bonds. The molecule has 0 unspecified atom stereocenters. The van der Waals surface area contributed by atoms with Gasteiger partial charge in [-0.3, -0.25) is 14.9 Å². The van der Waals surface area contributed by atoms with E-state index in [0.717, 1.165) is 26.4 Å². The van der Waals surface area contributed by atoms with Gasteiger partial charge in [-0.25, -0.2) is 4.98 Å². The van der Waals surface area contributed by atoms with Crippen LogP contribution in [0.15, 0.2) is 66.7 Å². The van der Waals surface area contributed by atoms with Gasteiger partial charge in [0.2, 0.25) is 0 Å². The minimum absolute atomic E-state index is 0.0333. The summed E-state index contributed by atoms with van der Waals surface area (Å²) in [4.78, 5) is 27.2. The van der Waals surface area contributed by atoms with E-state index in [9.17, 15) is 14.9 Å². The van der Waals surface area contributed by atoms with E-state index < -0.39 is 4.92 Å². The number of hydrogen-bond donors (Lipinski definition) is 1. The van der Waals surface area contributed by atoms with Crippen molar-refractivity contribution in [3.05, 3.63) is 82.4 Å². The van der Waals surface area contributed by atoms with Crippen LogP contribution >= 0.6 is 11.3 Å². The van der Waals surface area contributed by atoms with E-state index in [1.807, 2.05) is 49.4 Å². The molecule has 0 aliphatic carbocycles. The summed E-state index contributed by atoms with van der Waals surface area (Å²) < 4.78 is 6.53. The van der Waals surface area contributed by atoms with Crippen molar-refractivity contribution in [1.29, 1.82) is 0 Å². The number of aromatic nitrogens is 1. The predicted octanol–water partition coefficient (Wildman–Crippen LogP) is 5.20. The molecule has 0 spiro atoms. The van der Waals surface area contributed by atoms with Crippen LogP contribution in [-0.2, 0) is 4.79 Å². The predicted molar refractivity (Wildman–Crippen MR) is 117 cm³/mol. The fraction of sp³-hybridized carbons (Fsp3) is 0.0909. The van der Waals surface area contributed by atoms with Gasteiger partial charge in [-0.15, -0.1) is 11.3 Å². The number of carbonyl (C=O) groups is 1. The summed E-state index contributed by atoms with van der Waals surface area (Å²) in [5.74, 6) is 0.0635. The lowest BCUT2D eigenvalue weighted by Crippen LogP contribution is -2.20. The maximum atomic E-state index is 12.3. The van der Waals surface area contributed by atoms with Crippen LogP contribution < -0.4 is 10.1 Å². The quantitative estimate of drug-likeness (QED) is 0.342. The first-order chi connectivity index (χ1) is 14.5. The number of nitro benzene ring substituents is 1. The third-order valence-corrected chi connectivity index (χ3v) is 5.56. The summed E-state index contributed by atoms with van der Waals surface area (Å²) in [6, 6.07) is 19.4. The van der Waals surface area contributed by atoms with Crippen LogP contribution in [0.2, 0.25) is 0 Å². The van der Waals surface area contributed by atoms with Gasteiger partial charge in [0, 0.05) is 23.4 Å². The van der Waals surface area contributed by atoms with Gasteiger partial charge in [-0.1, -0.05) is 24.3 Å². The van der Waals surface area contributed by atoms with E-state index in [1.54, 1.807) is 11.3 Å². The van der Waals surface area contributed by atoms with Crippen LogP contribution in [0.25, 0.3) is 20.8 Å². The van der Waals surface area contributed by atoms with Crippen molar-refractivity contribution in [2.75, 3.05) is 11.9 Å². The Balaban J connectivity index is 1.45. The van der Waals surface area contributed by atoms with Crippen LogP contribution in [0, 0.1) is 17.0 Å². The Bertz CT molecular complexity index is 1200. The lowest BCUT2D eigenvalue weighted by molar-refractivity contribution is -0.384. The molecule has 1 N–H and O–H groups in total. The normalized spacial score (nSPS) is 10.7. The summed E-state index contributed by atoms with van der Waals surface area (Å²) in [5.41, 5.74) is 3.44. The molecular formula is C22H17N3O4S. The lowest BCUT2D eigenvalue weighted by Gasteiger charge is -2.11. The number of nitrogens with zero attached hydrogens (tertiary/aromatic N) is 2. The Kier molecular flexibility index (Phi) is 5.40. The molecule has 30 heavy (non-hydrogen) atoms. The highest BCUT2D eigenvalue weighted by molar-refractivity contribution is 7.21. The molecule has 0 fully saturated rings. The van der Waals surface area contributed by atoms with E-state index in [1.165, 1.54) is 24.3 Å². The van der Waals surface area contributed by atoms with Crippen molar-refractivity contribution in [2.24, 2.45) is 0 Å². The highest BCUT2D eigenvalue weighted by atomic mass is 32.1. The van der Waals surface area contributed by atoms with Crippen LogP contribution in [0.4, 0.5) is 11.4 Å². The van der Waals surface area contributed by atoms with Crippen molar-refractivity contribution >= 4 is 38.8 Å². The fourth-order valence-electron chi connectivity index (χ4n) is 2.88. The van der Waals surface area contributed by atoms with Gasteiger partial charge >= 0.3 is 0 Å². The second kappa shape index (κ2) is 8.30. The smallest absolute Gasteiger partial charge is 0.269 e. The number of ether oxygens (including phenoxy) is 1. The lowest BCUT2D eigenvalue weighted by atomic mass is 10.1. The van der Waals surface area contributed by atoms with E-state index in [-0.39, 0.29) is 18.2 Å². The monoisotopic (exact) mass is 419 g/mol. The minimum atomic E-state index is -0.488. The SMILES string of the molecule is Cc1ccc(-c2nc3ccccc3s2)cc1NC(=O)COc1ccc([N+](=O)[O-])cc1. The molecule has 0 atom stereocenters. The third kappa shape index (κ3) is 4.28. The number of benzene rings is 3. The number of para-hydroxylation sites is 1. The molecule has 4 rings (SSSR count). The molecule has 3 aromatic carbocycles. The molecule has 0 bridgehead atoms. The first kappa shape index (κ1) is 19.5. The first-order valence-corrected chi connectivity index (χ1v) is 9.95. The number of non-ortho nitro benzene ring substituents is 1. The van der Waals surface area contributed by atoms with Gasteiger partial charge in [-0.05, 0) is 42.8 Å². The number of aryl methyl sites for hydroxylation is 1. The zero-order chi connectivity index (χ0) is 21.1. The third-order valence-electron chi connectivity index (χ3n) is 4.47. The first-order valence-electron chi connectivity index (χ1n) is 9.13. The molecular weight excluding hydrogens is 402 g/mol. The zero-order valence-corrected chi connectivity index (χ0v) is 16.8. The summed E-state index contributed by atoms with van der Waals surface area (Å²) in [6.07, 6.45) is 0. The topological polar surface area (TPSA) is 94.4 Å². The molecule has 7 nitrogen and oxygen atoms in total. The Morgan fingerprint density at radius 3 is 2.63 bits per heavy atom. The minimum Gasteiger partial charge on any atom is -0.484 e. The highest BCUT2D eigenvalue weighted by Crippen LogP contribution is 2.32. The Morgan fingerprint density at radius 2 is 1.90 bits per heavy atom. The molecule has 1 heterocycles. The molecule has 8 heteroatoms. The van der Waals surface area contributed by atoms with Gasteiger partial charge in [0.05, 0.1) is 15.1 Å². The average Bonchev–Trinajstić information content (AvgIpc) is 3.18. The number of nitrogens with one attached hydrogen (secondary N) is 1. The van der Waals surface area contributed by atoms with E-state index >= 15 is 0 Å². The molecule has 0 aliphatic heterocycles. The molecule has 1 aromatic heterocycles. The Hall–Kier alpha value is -3.78. The molecule has 0 radical (unpaired) electrons. The summed E-state index contributed by atoms with van der Waals surface area (Å²) >= 11 is 1.60. The second-order valence-electron chi connectivity index (χ2n) is 6.60. The summed E-state index contributed by atoms with van der Waals surface area (Å²) in [5, 5.41) is 14.4.